The van der Waals surface area contributed by atoms with Crippen LogP contribution in [0.4, 0.5) is 4.79 Å². The zero-order valence-electron chi connectivity index (χ0n) is 9.64. The minimum Gasteiger partial charge on any atom is -0.480 e. The zero-order chi connectivity index (χ0) is 13.4. The fourth-order valence-electron chi connectivity index (χ4n) is 1.42. The Labute approximate surface area is 98.9 Å². The van der Waals surface area contributed by atoms with E-state index in [2.05, 4.69) is 5.32 Å². The van der Waals surface area contributed by atoms with Crippen LogP contribution in [0.3, 0.4) is 0 Å². The number of likely N-dealkylation sites (N-methyl/N-ethyl adjacent to an activating group) is 1. The van der Waals surface area contributed by atoms with Crippen LogP contribution in [0.1, 0.15) is 19.8 Å². The molecule has 0 aromatic heterocycles. The lowest BCUT2D eigenvalue weighted by Crippen LogP contribution is -2.44. The fourth-order valence-corrected chi connectivity index (χ4v) is 1.42. The lowest BCUT2D eigenvalue weighted by Gasteiger charge is -2.24. The number of rotatable bonds is 7. The van der Waals surface area contributed by atoms with E-state index >= 15 is 0 Å². The second kappa shape index (κ2) is 7.31. The van der Waals surface area contributed by atoms with Crippen molar-refractivity contribution in [3.63, 3.8) is 0 Å². The van der Waals surface area contributed by atoms with Crippen molar-refractivity contribution in [1.29, 1.82) is 5.41 Å². The number of aliphatic carboxylic acids is 1. The summed E-state index contributed by atoms with van der Waals surface area (Å²) in [5.41, 5.74) is 5.05. The molecule has 0 aliphatic rings. The van der Waals surface area contributed by atoms with E-state index in [0.717, 1.165) is 4.90 Å². The van der Waals surface area contributed by atoms with Crippen molar-refractivity contribution in [1.82, 2.24) is 10.2 Å². The van der Waals surface area contributed by atoms with Crippen molar-refractivity contribution in [3.8, 4) is 0 Å². The molecule has 1 unspecified atom stereocenters. The van der Waals surface area contributed by atoms with Crippen molar-refractivity contribution < 1.29 is 19.8 Å². The van der Waals surface area contributed by atoms with Gasteiger partial charge in [-0.3, -0.25) is 10.3 Å². The number of amides is 1. The number of nitrogens with one attached hydrogen (secondary N) is 2. The van der Waals surface area contributed by atoms with Crippen molar-refractivity contribution in [3.05, 3.63) is 0 Å². The predicted molar refractivity (Wildman–Crippen MR) is 61.0 cm³/mol. The Bertz CT molecular complexity index is 295. The third kappa shape index (κ3) is 5.59. The maximum Gasteiger partial charge on any atom is 0.408 e. The van der Waals surface area contributed by atoms with Gasteiger partial charge in [-0.1, -0.05) is 0 Å². The van der Waals surface area contributed by atoms with E-state index in [4.69, 9.17) is 21.4 Å². The maximum atomic E-state index is 10.9. The fraction of sp³-hybridized carbons (Fsp3) is 0.667. The summed E-state index contributed by atoms with van der Waals surface area (Å²) >= 11 is 0. The molecule has 17 heavy (non-hydrogen) atoms. The minimum absolute atomic E-state index is 0.117. The van der Waals surface area contributed by atoms with E-state index in [0.29, 0.717) is 13.0 Å². The van der Waals surface area contributed by atoms with Gasteiger partial charge in [0.2, 0.25) is 0 Å². The molecule has 0 aliphatic heterocycles. The Morgan fingerprint density at radius 2 is 2.06 bits per heavy atom. The van der Waals surface area contributed by atoms with E-state index < -0.39 is 18.1 Å². The molecule has 8 nitrogen and oxygen atoms in total. The number of nitrogens with zero attached hydrogens (tertiary/aromatic N) is 1. The summed E-state index contributed by atoms with van der Waals surface area (Å²) in [6.07, 6.45) is -0.657. The topological polar surface area (TPSA) is 140 Å². The van der Waals surface area contributed by atoms with Gasteiger partial charge in [0.15, 0.2) is 5.96 Å². The summed E-state index contributed by atoms with van der Waals surface area (Å²) < 4.78 is 0. The van der Waals surface area contributed by atoms with Gasteiger partial charge in [0.1, 0.15) is 6.04 Å². The molecule has 0 saturated heterocycles. The smallest absolute Gasteiger partial charge is 0.408 e. The first kappa shape index (κ1) is 15.0. The molecule has 6 N–H and O–H groups in total. The van der Waals surface area contributed by atoms with Crippen LogP contribution in [0.15, 0.2) is 0 Å². The van der Waals surface area contributed by atoms with Crippen LogP contribution in [0, 0.1) is 5.41 Å². The second-order valence-corrected chi connectivity index (χ2v) is 3.41. The highest BCUT2D eigenvalue weighted by atomic mass is 16.4. The van der Waals surface area contributed by atoms with E-state index in [1.807, 2.05) is 0 Å². The van der Waals surface area contributed by atoms with E-state index in [1.165, 1.54) is 0 Å². The number of guanidine groups is 1. The Kier molecular flexibility index (Phi) is 6.46. The van der Waals surface area contributed by atoms with Crippen LogP contribution in [0.25, 0.3) is 0 Å². The molecule has 0 fully saturated rings. The van der Waals surface area contributed by atoms with Gasteiger partial charge in [0, 0.05) is 13.1 Å². The molecule has 1 atom stereocenters. The normalized spacial score (nSPS) is 11.6. The third-order valence-electron chi connectivity index (χ3n) is 2.22. The lowest BCUT2D eigenvalue weighted by atomic mass is 10.1. The largest absolute Gasteiger partial charge is 0.480 e. The molecule has 0 aliphatic carbocycles. The second-order valence-electron chi connectivity index (χ2n) is 3.41. The van der Waals surface area contributed by atoms with Gasteiger partial charge >= 0.3 is 12.1 Å². The minimum atomic E-state index is -1.25. The molecule has 0 aromatic carbocycles. The van der Waals surface area contributed by atoms with Gasteiger partial charge in [0.05, 0.1) is 0 Å². The summed E-state index contributed by atoms with van der Waals surface area (Å²) in [4.78, 5) is 22.6. The van der Waals surface area contributed by atoms with Gasteiger partial charge < -0.3 is 21.3 Å². The van der Waals surface area contributed by atoms with Crippen molar-refractivity contribution in [2.24, 2.45) is 5.73 Å². The highest BCUT2D eigenvalue weighted by Gasteiger charge is 2.27. The highest BCUT2D eigenvalue weighted by molar-refractivity contribution is 5.79. The standard InChI is InChI=1S/C9H18N4O4/c1-2-13(9(16)17)6(7(14)15)4-3-5-12-8(10)11/h6H,2-5H2,1H3,(H,14,15)(H,16,17)(H4,10,11,12). The number of carboxylic acids is 1. The van der Waals surface area contributed by atoms with Crippen molar-refractivity contribution >= 4 is 18.0 Å². The highest BCUT2D eigenvalue weighted by Crippen LogP contribution is 2.07. The van der Waals surface area contributed by atoms with Crippen LogP contribution in [0.2, 0.25) is 0 Å². The van der Waals surface area contributed by atoms with Crippen molar-refractivity contribution in [2.45, 2.75) is 25.8 Å². The van der Waals surface area contributed by atoms with Gasteiger partial charge in [-0.25, -0.2) is 9.59 Å². The molecule has 0 saturated carbocycles. The molecular formula is C9H18N4O4. The summed E-state index contributed by atoms with van der Waals surface area (Å²) in [5, 5.41) is 27.2. The first-order valence-electron chi connectivity index (χ1n) is 5.20. The van der Waals surface area contributed by atoms with Gasteiger partial charge in [-0.2, -0.15) is 0 Å². The van der Waals surface area contributed by atoms with Crippen molar-refractivity contribution in [2.75, 3.05) is 13.1 Å². The van der Waals surface area contributed by atoms with Crippen LogP contribution in [-0.2, 0) is 4.79 Å². The summed E-state index contributed by atoms with van der Waals surface area (Å²) in [6, 6.07) is -1.06. The van der Waals surface area contributed by atoms with E-state index in [1.54, 1.807) is 6.92 Å². The molecule has 1 amide bonds. The predicted octanol–water partition coefficient (Wildman–Crippen LogP) is -0.297. The first-order valence-corrected chi connectivity index (χ1v) is 5.20. The first-order chi connectivity index (χ1) is 7.90. The molecule has 0 bridgehead atoms. The molecule has 0 radical (unpaired) electrons. The van der Waals surface area contributed by atoms with Gasteiger partial charge in [-0.05, 0) is 19.8 Å². The maximum absolute atomic E-state index is 10.9. The molecule has 0 aromatic rings. The Morgan fingerprint density at radius 1 is 1.47 bits per heavy atom. The van der Waals surface area contributed by atoms with E-state index in [-0.39, 0.29) is 18.9 Å². The monoisotopic (exact) mass is 246 g/mol. The quantitative estimate of drug-likeness (QED) is 0.237. The van der Waals surface area contributed by atoms with Crippen LogP contribution in [0.5, 0.6) is 0 Å². The Hall–Kier alpha value is -1.99. The number of carbonyl (C=O) groups is 2. The summed E-state index contributed by atoms with van der Waals surface area (Å²) in [6.45, 7) is 2.04. The van der Waals surface area contributed by atoms with E-state index in [9.17, 15) is 9.59 Å². The Morgan fingerprint density at radius 3 is 2.41 bits per heavy atom. The van der Waals surface area contributed by atoms with Gasteiger partial charge in [-0.15, -0.1) is 0 Å². The molecule has 98 valence electrons. The van der Waals surface area contributed by atoms with Crippen LogP contribution < -0.4 is 11.1 Å². The van der Waals surface area contributed by atoms with Crippen LogP contribution >= 0.6 is 0 Å². The summed E-state index contributed by atoms with van der Waals surface area (Å²) in [7, 11) is 0. The number of hydrogen-bond donors (Lipinski definition) is 5. The Balaban J connectivity index is 4.28. The SMILES string of the molecule is CCN(C(=O)O)C(CCCNC(=N)N)C(=O)O. The number of hydrogen-bond acceptors (Lipinski definition) is 3. The molecule has 0 rings (SSSR count). The molecular weight excluding hydrogens is 228 g/mol. The third-order valence-corrected chi connectivity index (χ3v) is 2.22. The molecule has 0 heterocycles. The summed E-state index contributed by atoms with van der Waals surface area (Å²) in [5.74, 6) is -1.36. The number of carboxylic acid groups (broad SMARTS) is 2. The molecule has 0 spiro atoms. The zero-order valence-corrected chi connectivity index (χ0v) is 9.64. The number of nitrogens with two attached hydrogens (primary N) is 1. The average Bonchev–Trinajstić information content (AvgIpc) is 2.21. The van der Waals surface area contributed by atoms with Gasteiger partial charge in [0.25, 0.3) is 0 Å². The molecule has 8 heteroatoms. The lowest BCUT2D eigenvalue weighted by molar-refractivity contribution is -0.142. The van der Waals surface area contributed by atoms with Crippen LogP contribution in [-0.4, -0.2) is 52.3 Å². The average molecular weight is 246 g/mol.